The number of rotatable bonds is 24. The molecule has 0 amide bonds. The maximum atomic E-state index is 12.5. The average molecular weight is 909 g/mol. The van der Waals surface area contributed by atoms with Gasteiger partial charge >= 0.3 is 0 Å². The summed E-state index contributed by atoms with van der Waals surface area (Å²) < 4.78 is 59.9. The van der Waals surface area contributed by atoms with Crippen LogP contribution in [0.5, 0.6) is 0 Å². The summed E-state index contributed by atoms with van der Waals surface area (Å²) in [6.07, 6.45) is -5.00. The second kappa shape index (κ2) is 25.9. The molecule has 67 heavy (non-hydrogen) atoms. The van der Waals surface area contributed by atoms with Crippen molar-refractivity contribution >= 4 is 0 Å². The second-order valence-electron chi connectivity index (χ2n) is 17.3. The van der Waals surface area contributed by atoms with Crippen LogP contribution in [0.3, 0.4) is 0 Å². The third-order valence-electron chi connectivity index (χ3n) is 12.5. The Bertz CT molecular complexity index is 2240. The normalized spacial score (nSPS) is 25.2. The molecule has 10 heteroatoms. The molecule has 10 atom stereocenters. The summed E-state index contributed by atoms with van der Waals surface area (Å²) >= 11 is 0. The zero-order valence-electron chi connectivity index (χ0n) is 38.3. The van der Waals surface area contributed by atoms with Gasteiger partial charge in [-0.3, -0.25) is 0 Å². The molecule has 2 heterocycles. The number of methoxy groups -OCH3 is 1. The van der Waals surface area contributed by atoms with Gasteiger partial charge in [0, 0.05) is 13.0 Å². The van der Waals surface area contributed by atoms with E-state index in [1.165, 1.54) is 0 Å². The number of aliphatic hydroxyl groups is 1. The largest absolute Gasteiger partial charge is 0.388 e. The Balaban J connectivity index is 1.08. The van der Waals surface area contributed by atoms with Gasteiger partial charge in [-0.1, -0.05) is 182 Å². The molecule has 6 aromatic rings. The zero-order valence-corrected chi connectivity index (χ0v) is 38.3. The molecule has 352 valence electrons. The van der Waals surface area contributed by atoms with Gasteiger partial charge in [-0.05, 0) is 46.2 Å². The molecule has 0 bridgehead atoms. The Kier molecular flexibility index (Phi) is 18.7. The summed E-state index contributed by atoms with van der Waals surface area (Å²) in [5.74, 6) is -0.272. The standard InChI is InChI=1S/C57H64O10/c1-59-57-56(65-39-47-30-18-7-19-31-47)53(62-36-44-24-12-4-13-25-44)48(50(67-57)40-60-34-42-20-8-2-9-21-42)32-33-49-52(58)55(64-38-46-28-16-6-17-29-46)54(63-37-45-26-14-5-15-27-45)51(66-49)41-61-35-43-22-10-3-11-23-43/h2-31,48-58H,32-41H2,1H3/t48-,49+,50-,51-,52+,53+,54-,55-,56-,57+/m1/s1. The zero-order chi connectivity index (χ0) is 45.9. The monoisotopic (exact) mass is 908 g/mol. The van der Waals surface area contributed by atoms with E-state index in [0.29, 0.717) is 45.9 Å². The molecule has 6 aromatic carbocycles. The molecule has 2 saturated heterocycles. The number of hydrogen-bond donors (Lipinski definition) is 1. The van der Waals surface area contributed by atoms with Crippen LogP contribution in [0, 0.1) is 5.92 Å². The Morgan fingerprint density at radius 3 is 1.15 bits per heavy atom. The minimum Gasteiger partial charge on any atom is -0.388 e. The van der Waals surface area contributed by atoms with Crippen molar-refractivity contribution in [3.05, 3.63) is 215 Å². The SMILES string of the molecule is CO[C@H]1O[C@H](COCc2ccccc2)[C@@H](CC[C@@H]2O[C@H](COCc3ccccc3)[C@@H](OCc3ccccc3)[C@H](OCc3ccccc3)[C@H]2O)[C@H](OCc2ccccc2)[C@H]1OCc1ccccc1. The van der Waals surface area contributed by atoms with E-state index in [1.807, 2.05) is 170 Å². The van der Waals surface area contributed by atoms with E-state index in [-0.39, 0.29) is 25.7 Å². The lowest BCUT2D eigenvalue weighted by Gasteiger charge is -2.47. The lowest BCUT2D eigenvalue weighted by atomic mass is 9.82. The van der Waals surface area contributed by atoms with Crippen molar-refractivity contribution in [1.29, 1.82) is 0 Å². The van der Waals surface area contributed by atoms with Gasteiger partial charge in [0.2, 0.25) is 0 Å². The maximum absolute atomic E-state index is 12.5. The maximum Gasteiger partial charge on any atom is 0.186 e. The van der Waals surface area contributed by atoms with Crippen molar-refractivity contribution in [1.82, 2.24) is 0 Å². The van der Waals surface area contributed by atoms with Gasteiger partial charge in [0.25, 0.3) is 0 Å². The molecular formula is C57H64O10. The molecule has 0 unspecified atom stereocenters. The van der Waals surface area contributed by atoms with Crippen LogP contribution in [0.4, 0.5) is 0 Å². The predicted molar refractivity (Wildman–Crippen MR) is 255 cm³/mol. The highest BCUT2D eigenvalue weighted by Gasteiger charge is 2.50. The van der Waals surface area contributed by atoms with E-state index in [1.54, 1.807) is 7.11 Å². The second-order valence-corrected chi connectivity index (χ2v) is 17.3. The van der Waals surface area contributed by atoms with Gasteiger partial charge in [-0.2, -0.15) is 0 Å². The minimum atomic E-state index is -1.05. The summed E-state index contributed by atoms with van der Waals surface area (Å²) in [5.41, 5.74) is 6.15. The highest BCUT2D eigenvalue weighted by atomic mass is 16.7. The molecule has 0 saturated carbocycles. The molecule has 0 aromatic heterocycles. The molecule has 0 aliphatic carbocycles. The van der Waals surface area contributed by atoms with Gasteiger partial charge in [0.05, 0.1) is 71.2 Å². The summed E-state index contributed by atoms with van der Waals surface area (Å²) in [6, 6.07) is 60.4. The first-order valence-corrected chi connectivity index (χ1v) is 23.5. The Morgan fingerprint density at radius 2 is 0.731 bits per heavy atom. The first kappa shape index (κ1) is 48.4. The van der Waals surface area contributed by atoms with Crippen molar-refractivity contribution in [2.24, 2.45) is 5.92 Å². The molecule has 1 N–H and O–H groups in total. The molecule has 10 nitrogen and oxygen atoms in total. The van der Waals surface area contributed by atoms with E-state index in [9.17, 15) is 5.11 Å². The fraction of sp³-hybridized carbons (Fsp3) is 0.368. The Morgan fingerprint density at radius 1 is 0.373 bits per heavy atom. The van der Waals surface area contributed by atoms with Gasteiger partial charge in [0.1, 0.15) is 30.5 Å². The third kappa shape index (κ3) is 14.2. The first-order chi connectivity index (χ1) is 33.1. The van der Waals surface area contributed by atoms with Crippen LogP contribution in [0.1, 0.15) is 46.2 Å². The highest BCUT2D eigenvalue weighted by molar-refractivity contribution is 5.18. The van der Waals surface area contributed by atoms with E-state index >= 15 is 0 Å². The topological polar surface area (TPSA) is 103 Å². The number of ether oxygens (including phenoxy) is 9. The predicted octanol–water partition coefficient (Wildman–Crippen LogP) is 9.66. The number of aliphatic hydroxyl groups excluding tert-OH is 1. The molecule has 2 fully saturated rings. The smallest absolute Gasteiger partial charge is 0.186 e. The molecule has 2 aliphatic heterocycles. The molecule has 0 radical (unpaired) electrons. The van der Waals surface area contributed by atoms with Crippen LogP contribution in [0.2, 0.25) is 0 Å². The molecule has 8 rings (SSSR count). The minimum absolute atomic E-state index is 0.221. The van der Waals surface area contributed by atoms with Crippen LogP contribution in [-0.4, -0.2) is 80.6 Å². The van der Waals surface area contributed by atoms with Crippen LogP contribution >= 0.6 is 0 Å². The average Bonchev–Trinajstić information content (AvgIpc) is 3.38. The van der Waals surface area contributed by atoms with Crippen molar-refractivity contribution in [2.45, 2.75) is 108 Å². The third-order valence-corrected chi connectivity index (χ3v) is 12.5. The number of benzene rings is 6. The summed E-state index contributed by atoms with van der Waals surface area (Å²) in [6.45, 7) is 2.57. The Hall–Kier alpha value is -5.08. The Labute approximate surface area is 395 Å². The fourth-order valence-corrected chi connectivity index (χ4v) is 8.98. The summed E-state index contributed by atoms with van der Waals surface area (Å²) in [7, 11) is 1.64. The summed E-state index contributed by atoms with van der Waals surface area (Å²) in [4.78, 5) is 0. The van der Waals surface area contributed by atoms with Gasteiger partial charge in [0.15, 0.2) is 6.29 Å². The summed E-state index contributed by atoms with van der Waals surface area (Å²) in [5, 5.41) is 12.5. The van der Waals surface area contributed by atoms with E-state index in [0.717, 1.165) is 33.4 Å². The lowest BCUT2D eigenvalue weighted by Crippen LogP contribution is -2.61. The fourth-order valence-electron chi connectivity index (χ4n) is 8.98. The van der Waals surface area contributed by atoms with Gasteiger partial charge < -0.3 is 47.7 Å². The van der Waals surface area contributed by atoms with Gasteiger partial charge in [-0.25, -0.2) is 0 Å². The van der Waals surface area contributed by atoms with Gasteiger partial charge in [-0.15, -0.1) is 0 Å². The van der Waals surface area contributed by atoms with E-state index < -0.39 is 55.1 Å². The van der Waals surface area contributed by atoms with E-state index in [2.05, 4.69) is 12.1 Å². The number of hydrogen-bond acceptors (Lipinski definition) is 10. The van der Waals surface area contributed by atoms with Crippen LogP contribution in [0.25, 0.3) is 0 Å². The molecule has 0 spiro atoms. The van der Waals surface area contributed by atoms with E-state index in [4.69, 9.17) is 42.6 Å². The van der Waals surface area contributed by atoms with Crippen molar-refractivity contribution in [3.8, 4) is 0 Å². The van der Waals surface area contributed by atoms with Crippen molar-refractivity contribution in [3.63, 3.8) is 0 Å². The van der Waals surface area contributed by atoms with Crippen LogP contribution in [0.15, 0.2) is 182 Å². The van der Waals surface area contributed by atoms with Crippen molar-refractivity contribution < 1.29 is 47.7 Å². The molecule has 2 aliphatic rings. The molecular weight excluding hydrogens is 845 g/mol. The first-order valence-electron chi connectivity index (χ1n) is 23.5. The van der Waals surface area contributed by atoms with Crippen LogP contribution < -0.4 is 0 Å². The highest BCUT2D eigenvalue weighted by Crippen LogP contribution is 2.38. The van der Waals surface area contributed by atoms with Crippen molar-refractivity contribution in [2.75, 3.05) is 20.3 Å². The lowest BCUT2D eigenvalue weighted by molar-refractivity contribution is -0.308. The van der Waals surface area contributed by atoms with Crippen LogP contribution in [-0.2, 0) is 82.3 Å². The quantitative estimate of drug-likeness (QED) is 0.0632.